The lowest BCUT2D eigenvalue weighted by atomic mass is 10.1. The first-order chi connectivity index (χ1) is 13.3. The van der Waals surface area contributed by atoms with Crippen molar-refractivity contribution in [3.05, 3.63) is 59.7 Å². The average molecular weight is 379 g/mol. The van der Waals surface area contributed by atoms with Crippen molar-refractivity contribution in [2.45, 2.75) is 20.3 Å². The van der Waals surface area contributed by atoms with Crippen molar-refractivity contribution in [2.24, 2.45) is 5.92 Å². The second-order valence-electron chi connectivity index (χ2n) is 7.35. The van der Waals surface area contributed by atoms with Crippen molar-refractivity contribution < 1.29 is 14.4 Å². The van der Waals surface area contributed by atoms with Crippen molar-refractivity contribution >= 4 is 29.1 Å². The first-order valence-corrected chi connectivity index (χ1v) is 9.32. The molecule has 2 aromatic rings. The van der Waals surface area contributed by atoms with Crippen molar-refractivity contribution in [1.82, 2.24) is 4.90 Å². The fourth-order valence-electron chi connectivity index (χ4n) is 3.29. The van der Waals surface area contributed by atoms with Crippen molar-refractivity contribution in [3.8, 4) is 0 Å². The van der Waals surface area contributed by atoms with Gasteiger partial charge in [0, 0.05) is 31.4 Å². The molecule has 1 N–H and O–H groups in total. The summed E-state index contributed by atoms with van der Waals surface area (Å²) in [7, 11) is 1.59. The van der Waals surface area contributed by atoms with Gasteiger partial charge in [0.15, 0.2) is 0 Å². The van der Waals surface area contributed by atoms with Crippen molar-refractivity contribution in [3.63, 3.8) is 0 Å². The minimum absolute atomic E-state index is 0.0536. The van der Waals surface area contributed by atoms with E-state index >= 15 is 0 Å². The minimum Gasteiger partial charge on any atom is -0.336 e. The molecule has 1 heterocycles. The molecule has 0 spiro atoms. The van der Waals surface area contributed by atoms with E-state index in [1.807, 2.05) is 62.4 Å². The van der Waals surface area contributed by atoms with Crippen LogP contribution in [-0.4, -0.2) is 42.8 Å². The zero-order valence-corrected chi connectivity index (χ0v) is 16.4. The van der Waals surface area contributed by atoms with Crippen LogP contribution in [-0.2, 0) is 14.4 Å². The number of likely N-dealkylation sites (N-methyl/N-ethyl adjacent to an activating group) is 1. The third kappa shape index (κ3) is 4.57. The van der Waals surface area contributed by atoms with E-state index in [-0.39, 0.29) is 30.7 Å². The molecule has 2 aromatic carbocycles. The number of carbonyl (C=O) groups excluding carboxylic acids is 3. The highest BCUT2D eigenvalue weighted by atomic mass is 16.2. The Kier molecular flexibility index (Phi) is 5.78. The van der Waals surface area contributed by atoms with Crippen molar-refractivity contribution in [1.29, 1.82) is 0 Å². The molecule has 3 amide bonds. The highest BCUT2D eigenvalue weighted by Gasteiger charge is 2.36. The van der Waals surface area contributed by atoms with Crippen LogP contribution >= 0.6 is 0 Å². The Labute approximate surface area is 165 Å². The highest BCUT2D eigenvalue weighted by Crippen LogP contribution is 2.26. The standard InChI is InChI=1S/C22H25N3O3/c1-15-4-8-18(9-5-15)23-20(26)14-24(3)22(28)17-12-21(27)25(13-17)19-10-6-16(2)7-11-19/h4-11,17H,12-14H2,1-3H3,(H,23,26). The Morgan fingerprint density at radius 3 is 2.21 bits per heavy atom. The molecule has 1 fully saturated rings. The summed E-state index contributed by atoms with van der Waals surface area (Å²) in [5.74, 6) is -0.966. The van der Waals surface area contributed by atoms with Gasteiger partial charge in [-0.25, -0.2) is 0 Å². The summed E-state index contributed by atoms with van der Waals surface area (Å²) in [4.78, 5) is 40.3. The Morgan fingerprint density at radius 1 is 1.04 bits per heavy atom. The first-order valence-electron chi connectivity index (χ1n) is 9.32. The van der Waals surface area contributed by atoms with Gasteiger partial charge in [0.05, 0.1) is 12.5 Å². The highest BCUT2D eigenvalue weighted by molar-refractivity contribution is 6.01. The summed E-state index contributed by atoms with van der Waals surface area (Å²) in [6.07, 6.45) is 0.163. The number of carbonyl (C=O) groups is 3. The molecule has 28 heavy (non-hydrogen) atoms. The van der Waals surface area contributed by atoms with Gasteiger partial charge in [0.2, 0.25) is 17.7 Å². The smallest absolute Gasteiger partial charge is 0.243 e. The summed E-state index contributed by atoms with van der Waals surface area (Å²) < 4.78 is 0. The van der Waals surface area contributed by atoms with Gasteiger partial charge in [0.1, 0.15) is 0 Å². The number of nitrogens with zero attached hydrogens (tertiary/aromatic N) is 2. The van der Waals surface area contributed by atoms with Gasteiger partial charge in [-0.1, -0.05) is 35.4 Å². The molecule has 1 unspecified atom stereocenters. The van der Waals surface area contributed by atoms with Crippen LogP contribution in [0.4, 0.5) is 11.4 Å². The molecule has 1 saturated heterocycles. The maximum Gasteiger partial charge on any atom is 0.243 e. The first kappa shape index (κ1) is 19.6. The number of nitrogens with one attached hydrogen (secondary N) is 1. The van der Waals surface area contributed by atoms with Crippen LogP contribution in [0.5, 0.6) is 0 Å². The Morgan fingerprint density at radius 2 is 1.61 bits per heavy atom. The quantitative estimate of drug-likeness (QED) is 0.868. The van der Waals surface area contributed by atoms with Gasteiger partial charge in [-0.05, 0) is 38.1 Å². The predicted molar refractivity (Wildman–Crippen MR) is 109 cm³/mol. The topological polar surface area (TPSA) is 69.7 Å². The maximum absolute atomic E-state index is 12.7. The summed E-state index contributed by atoms with van der Waals surface area (Å²) in [5.41, 5.74) is 3.71. The molecule has 6 heteroatoms. The van der Waals surface area contributed by atoms with Crippen LogP contribution < -0.4 is 10.2 Å². The third-order valence-electron chi connectivity index (χ3n) is 4.91. The number of hydrogen-bond acceptors (Lipinski definition) is 3. The molecule has 1 atom stereocenters. The van der Waals surface area contributed by atoms with E-state index in [9.17, 15) is 14.4 Å². The van der Waals surface area contributed by atoms with E-state index in [1.165, 1.54) is 4.90 Å². The van der Waals surface area contributed by atoms with E-state index < -0.39 is 5.92 Å². The summed E-state index contributed by atoms with van der Waals surface area (Å²) >= 11 is 0. The molecule has 0 aromatic heterocycles. The van der Waals surface area contributed by atoms with Gasteiger partial charge in [-0.15, -0.1) is 0 Å². The van der Waals surface area contributed by atoms with Crippen LogP contribution in [0, 0.1) is 19.8 Å². The molecule has 0 radical (unpaired) electrons. The second-order valence-corrected chi connectivity index (χ2v) is 7.35. The number of rotatable bonds is 5. The van der Waals surface area contributed by atoms with Crippen LogP contribution in [0.1, 0.15) is 17.5 Å². The number of hydrogen-bond donors (Lipinski definition) is 1. The van der Waals surface area contributed by atoms with Gasteiger partial charge in [-0.2, -0.15) is 0 Å². The van der Waals surface area contributed by atoms with Gasteiger partial charge < -0.3 is 15.1 Å². The second kappa shape index (κ2) is 8.25. The van der Waals surface area contributed by atoms with Crippen molar-refractivity contribution in [2.75, 3.05) is 30.4 Å². The van der Waals surface area contributed by atoms with Crippen LogP contribution in [0.15, 0.2) is 48.5 Å². The van der Waals surface area contributed by atoms with Crippen LogP contribution in [0.2, 0.25) is 0 Å². The summed E-state index contributed by atoms with van der Waals surface area (Å²) in [5, 5.41) is 2.78. The predicted octanol–water partition coefficient (Wildman–Crippen LogP) is 2.75. The lowest BCUT2D eigenvalue weighted by Gasteiger charge is -2.21. The minimum atomic E-state index is -0.439. The number of aryl methyl sites for hydroxylation is 2. The molecule has 3 rings (SSSR count). The van der Waals surface area contributed by atoms with Crippen LogP contribution in [0.3, 0.4) is 0 Å². The third-order valence-corrected chi connectivity index (χ3v) is 4.91. The van der Waals surface area contributed by atoms with E-state index in [1.54, 1.807) is 11.9 Å². The maximum atomic E-state index is 12.7. The van der Waals surface area contributed by atoms with E-state index in [0.29, 0.717) is 12.2 Å². The molecule has 0 aliphatic carbocycles. The van der Waals surface area contributed by atoms with E-state index in [2.05, 4.69) is 5.32 Å². The summed E-state index contributed by atoms with van der Waals surface area (Å²) in [6.45, 7) is 4.24. The number of amides is 3. The molecular weight excluding hydrogens is 354 g/mol. The molecular formula is C22H25N3O3. The summed E-state index contributed by atoms with van der Waals surface area (Å²) in [6, 6.07) is 15.1. The van der Waals surface area contributed by atoms with Gasteiger partial charge in [0.25, 0.3) is 0 Å². The largest absolute Gasteiger partial charge is 0.336 e. The lowest BCUT2D eigenvalue weighted by Crippen LogP contribution is -2.39. The Balaban J connectivity index is 1.57. The zero-order valence-electron chi connectivity index (χ0n) is 16.4. The molecule has 0 saturated carbocycles. The molecule has 146 valence electrons. The fourth-order valence-corrected chi connectivity index (χ4v) is 3.29. The van der Waals surface area contributed by atoms with E-state index in [4.69, 9.17) is 0 Å². The molecule has 6 nitrogen and oxygen atoms in total. The Bertz CT molecular complexity index is 875. The van der Waals surface area contributed by atoms with E-state index in [0.717, 1.165) is 16.8 Å². The average Bonchev–Trinajstić information content (AvgIpc) is 3.05. The van der Waals surface area contributed by atoms with Gasteiger partial charge >= 0.3 is 0 Å². The fraction of sp³-hybridized carbons (Fsp3) is 0.318. The number of anilines is 2. The zero-order chi connectivity index (χ0) is 20.3. The molecule has 1 aliphatic heterocycles. The van der Waals surface area contributed by atoms with Crippen LogP contribution in [0.25, 0.3) is 0 Å². The number of benzene rings is 2. The Hall–Kier alpha value is -3.15. The molecule has 1 aliphatic rings. The SMILES string of the molecule is Cc1ccc(NC(=O)CN(C)C(=O)C2CC(=O)N(c3ccc(C)cc3)C2)cc1. The lowest BCUT2D eigenvalue weighted by molar-refractivity contribution is -0.137. The molecule has 0 bridgehead atoms. The monoisotopic (exact) mass is 379 g/mol. The van der Waals surface area contributed by atoms with Gasteiger partial charge in [-0.3, -0.25) is 14.4 Å². The normalized spacial score (nSPS) is 16.2.